The fourth-order valence-corrected chi connectivity index (χ4v) is 2.16. The van der Waals surface area contributed by atoms with Crippen molar-refractivity contribution in [2.75, 3.05) is 33.4 Å². The van der Waals surface area contributed by atoms with Gasteiger partial charge < -0.3 is 25.0 Å². The van der Waals surface area contributed by atoms with E-state index in [9.17, 15) is 14.4 Å². The number of carbonyl (C=O) groups is 3. The average Bonchev–Trinajstić information content (AvgIpc) is 2.50. The molecular weight excluding hydrogens is 278 g/mol. The molecule has 0 aliphatic carbocycles. The number of rotatable bonds is 5. The molecule has 8 nitrogen and oxygen atoms in total. The van der Waals surface area contributed by atoms with Crippen LogP contribution in [0.5, 0.6) is 0 Å². The molecule has 1 fully saturated rings. The predicted molar refractivity (Wildman–Crippen MR) is 74.9 cm³/mol. The SMILES string of the molecule is CCC(C)N(CC(=O)O)C(=O)N1CCOCC1C(=O)NC. The van der Waals surface area contributed by atoms with E-state index in [1.54, 1.807) is 6.92 Å². The number of hydrogen-bond acceptors (Lipinski definition) is 4. The van der Waals surface area contributed by atoms with E-state index in [0.717, 1.165) is 0 Å². The van der Waals surface area contributed by atoms with E-state index in [1.165, 1.54) is 16.8 Å². The predicted octanol–water partition coefficient (Wildman–Crippen LogP) is -0.262. The highest BCUT2D eigenvalue weighted by Crippen LogP contribution is 2.14. The molecule has 0 aromatic heterocycles. The van der Waals surface area contributed by atoms with Gasteiger partial charge in [-0.05, 0) is 13.3 Å². The standard InChI is InChI=1S/C13H23N3O5/c1-4-9(2)16(7-11(17)18)13(20)15-5-6-21-8-10(15)12(19)14-3/h9-10H,4-8H2,1-3H3,(H,14,19)(H,17,18). The lowest BCUT2D eigenvalue weighted by atomic mass is 10.2. The first-order valence-electron chi connectivity index (χ1n) is 7.00. The second-order valence-electron chi connectivity index (χ2n) is 4.96. The maximum Gasteiger partial charge on any atom is 0.323 e. The summed E-state index contributed by atoms with van der Waals surface area (Å²) in [7, 11) is 1.49. The van der Waals surface area contributed by atoms with E-state index in [0.29, 0.717) is 13.0 Å². The first-order valence-corrected chi connectivity index (χ1v) is 7.00. The van der Waals surface area contributed by atoms with Gasteiger partial charge in [0.25, 0.3) is 0 Å². The van der Waals surface area contributed by atoms with Crippen molar-refractivity contribution in [3.8, 4) is 0 Å². The van der Waals surface area contributed by atoms with Crippen molar-refractivity contribution in [2.24, 2.45) is 0 Å². The molecule has 1 aliphatic rings. The molecule has 120 valence electrons. The number of morpholine rings is 1. The number of carbonyl (C=O) groups excluding carboxylic acids is 2. The fraction of sp³-hybridized carbons (Fsp3) is 0.769. The third-order valence-corrected chi connectivity index (χ3v) is 3.60. The summed E-state index contributed by atoms with van der Waals surface area (Å²) in [6.07, 6.45) is 0.633. The number of likely N-dealkylation sites (N-methyl/N-ethyl adjacent to an activating group) is 1. The van der Waals surface area contributed by atoms with Crippen LogP contribution in [0.1, 0.15) is 20.3 Å². The Bertz CT molecular complexity index is 401. The van der Waals surface area contributed by atoms with Crippen LogP contribution in [0.25, 0.3) is 0 Å². The molecule has 0 bridgehead atoms. The number of nitrogens with zero attached hydrogens (tertiary/aromatic N) is 2. The molecule has 0 radical (unpaired) electrons. The van der Waals surface area contributed by atoms with Gasteiger partial charge in [-0.1, -0.05) is 6.92 Å². The number of aliphatic carboxylic acids is 1. The molecule has 8 heteroatoms. The largest absolute Gasteiger partial charge is 0.480 e. The van der Waals surface area contributed by atoms with E-state index in [4.69, 9.17) is 9.84 Å². The monoisotopic (exact) mass is 301 g/mol. The third kappa shape index (κ3) is 4.32. The number of carboxylic acid groups (broad SMARTS) is 1. The molecule has 2 unspecified atom stereocenters. The van der Waals surface area contributed by atoms with Gasteiger partial charge in [-0.25, -0.2) is 4.79 Å². The normalized spacial score (nSPS) is 19.8. The lowest BCUT2D eigenvalue weighted by molar-refractivity contribution is -0.138. The van der Waals surface area contributed by atoms with Gasteiger partial charge in [0.05, 0.1) is 13.2 Å². The van der Waals surface area contributed by atoms with Gasteiger partial charge in [0.1, 0.15) is 12.6 Å². The van der Waals surface area contributed by atoms with Gasteiger partial charge in [0, 0.05) is 19.6 Å². The highest BCUT2D eigenvalue weighted by molar-refractivity contribution is 5.88. The summed E-state index contributed by atoms with van der Waals surface area (Å²) in [6, 6.07) is -1.39. The molecular formula is C13H23N3O5. The minimum absolute atomic E-state index is 0.118. The number of nitrogens with one attached hydrogen (secondary N) is 1. The molecule has 1 rings (SSSR count). The van der Waals surface area contributed by atoms with E-state index in [1.807, 2.05) is 6.92 Å². The van der Waals surface area contributed by atoms with Gasteiger partial charge in [0.15, 0.2) is 0 Å². The molecule has 0 aromatic rings. The Hall–Kier alpha value is -1.83. The maximum absolute atomic E-state index is 12.6. The molecule has 0 saturated carbocycles. The molecule has 2 N–H and O–H groups in total. The van der Waals surface area contributed by atoms with Crippen molar-refractivity contribution in [1.29, 1.82) is 0 Å². The zero-order valence-corrected chi connectivity index (χ0v) is 12.7. The van der Waals surface area contributed by atoms with Crippen LogP contribution >= 0.6 is 0 Å². The van der Waals surface area contributed by atoms with Crippen molar-refractivity contribution in [2.45, 2.75) is 32.4 Å². The summed E-state index contributed by atoms with van der Waals surface area (Å²) >= 11 is 0. The van der Waals surface area contributed by atoms with Crippen molar-refractivity contribution < 1.29 is 24.2 Å². The molecule has 0 aromatic carbocycles. The van der Waals surface area contributed by atoms with E-state index in [2.05, 4.69) is 5.32 Å². The van der Waals surface area contributed by atoms with Crippen molar-refractivity contribution in [3.05, 3.63) is 0 Å². The van der Waals surface area contributed by atoms with Crippen molar-refractivity contribution in [1.82, 2.24) is 15.1 Å². The smallest absolute Gasteiger partial charge is 0.323 e. The van der Waals surface area contributed by atoms with Gasteiger partial charge in [-0.3, -0.25) is 9.59 Å². The van der Waals surface area contributed by atoms with Gasteiger partial charge in [-0.15, -0.1) is 0 Å². The Morgan fingerprint density at radius 3 is 2.67 bits per heavy atom. The second-order valence-corrected chi connectivity index (χ2v) is 4.96. The third-order valence-electron chi connectivity index (χ3n) is 3.60. The van der Waals surface area contributed by atoms with E-state index >= 15 is 0 Å². The summed E-state index contributed by atoms with van der Waals surface area (Å²) < 4.78 is 5.24. The van der Waals surface area contributed by atoms with Crippen LogP contribution in [0.2, 0.25) is 0 Å². The minimum atomic E-state index is -1.08. The molecule has 0 spiro atoms. The first kappa shape index (κ1) is 17.2. The van der Waals surface area contributed by atoms with Gasteiger partial charge in [-0.2, -0.15) is 0 Å². The number of amides is 3. The zero-order chi connectivity index (χ0) is 16.0. The van der Waals surface area contributed by atoms with Gasteiger partial charge in [0.2, 0.25) is 5.91 Å². The van der Waals surface area contributed by atoms with Crippen molar-refractivity contribution >= 4 is 17.9 Å². The first-order chi connectivity index (χ1) is 9.92. The lowest BCUT2D eigenvalue weighted by Crippen LogP contribution is -2.60. The Labute approximate surface area is 124 Å². The Morgan fingerprint density at radius 1 is 1.48 bits per heavy atom. The Balaban J connectivity index is 2.93. The number of carboxylic acids is 1. The van der Waals surface area contributed by atoms with E-state index < -0.39 is 18.0 Å². The fourth-order valence-electron chi connectivity index (χ4n) is 2.16. The molecule has 1 saturated heterocycles. The minimum Gasteiger partial charge on any atom is -0.480 e. The number of ether oxygens (including phenoxy) is 1. The van der Waals surface area contributed by atoms with E-state index in [-0.39, 0.29) is 31.6 Å². The van der Waals surface area contributed by atoms with Crippen LogP contribution < -0.4 is 5.32 Å². The Morgan fingerprint density at radius 2 is 2.14 bits per heavy atom. The van der Waals surface area contributed by atoms with Crippen LogP contribution in [-0.2, 0) is 14.3 Å². The molecule has 21 heavy (non-hydrogen) atoms. The van der Waals surface area contributed by atoms with Crippen LogP contribution in [0.3, 0.4) is 0 Å². The summed E-state index contributed by atoms with van der Waals surface area (Å²) in [5, 5.41) is 11.5. The van der Waals surface area contributed by atoms with Crippen LogP contribution in [0.15, 0.2) is 0 Å². The highest BCUT2D eigenvalue weighted by atomic mass is 16.5. The molecule has 3 amide bonds. The Kier molecular flexibility index (Phi) is 6.41. The number of hydrogen-bond donors (Lipinski definition) is 2. The van der Waals surface area contributed by atoms with Crippen LogP contribution in [0.4, 0.5) is 4.79 Å². The summed E-state index contributed by atoms with van der Waals surface area (Å²) in [5.41, 5.74) is 0. The second kappa shape index (κ2) is 7.82. The number of urea groups is 1. The highest BCUT2D eigenvalue weighted by Gasteiger charge is 2.36. The lowest BCUT2D eigenvalue weighted by Gasteiger charge is -2.39. The summed E-state index contributed by atoms with van der Waals surface area (Å²) in [4.78, 5) is 38.1. The van der Waals surface area contributed by atoms with Crippen LogP contribution in [0, 0.1) is 0 Å². The summed E-state index contributed by atoms with van der Waals surface area (Å²) in [5.74, 6) is -1.39. The average molecular weight is 301 g/mol. The molecule has 2 atom stereocenters. The maximum atomic E-state index is 12.6. The quantitative estimate of drug-likeness (QED) is 0.729. The zero-order valence-electron chi connectivity index (χ0n) is 12.7. The molecule has 1 heterocycles. The molecule has 1 aliphatic heterocycles. The summed E-state index contributed by atoms with van der Waals surface area (Å²) in [6.45, 7) is 4.00. The van der Waals surface area contributed by atoms with Crippen LogP contribution in [-0.4, -0.2) is 78.2 Å². The topological polar surface area (TPSA) is 99.2 Å². The van der Waals surface area contributed by atoms with Crippen molar-refractivity contribution in [3.63, 3.8) is 0 Å². The van der Waals surface area contributed by atoms with Gasteiger partial charge >= 0.3 is 12.0 Å².